The minimum Gasteiger partial charge on any atom is -0.496 e. The van der Waals surface area contributed by atoms with Crippen molar-refractivity contribution in [1.29, 1.82) is 0 Å². The molecule has 2 heterocycles. The molecular formula is C20H17ClN2OS. The molecule has 3 aromatic rings. The van der Waals surface area contributed by atoms with Crippen LogP contribution in [0.15, 0.2) is 71.1 Å². The van der Waals surface area contributed by atoms with Crippen molar-refractivity contribution in [2.24, 2.45) is 5.10 Å². The van der Waals surface area contributed by atoms with Crippen LogP contribution >= 0.6 is 22.9 Å². The van der Waals surface area contributed by atoms with Crippen LogP contribution in [0, 0.1) is 0 Å². The molecule has 0 radical (unpaired) electrons. The highest BCUT2D eigenvalue weighted by Crippen LogP contribution is 2.40. The highest BCUT2D eigenvalue weighted by molar-refractivity contribution is 7.12. The van der Waals surface area contributed by atoms with Gasteiger partial charge in [-0.05, 0) is 41.8 Å². The third kappa shape index (κ3) is 3.15. The SMILES string of the molecule is COc1ccccc1[C@H]1CC(c2cccs2)=NN1c1ccc(Cl)cc1. The van der Waals surface area contributed by atoms with E-state index in [1.54, 1.807) is 18.4 Å². The number of benzene rings is 2. The van der Waals surface area contributed by atoms with Crippen molar-refractivity contribution in [1.82, 2.24) is 0 Å². The number of nitrogens with zero attached hydrogens (tertiary/aromatic N) is 2. The fourth-order valence-corrected chi connectivity index (χ4v) is 3.96. The van der Waals surface area contributed by atoms with E-state index < -0.39 is 0 Å². The quantitative estimate of drug-likeness (QED) is 0.584. The zero-order valence-electron chi connectivity index (χ0n) is 13.7. The van der Waals surface area contributed by atoms with E-state index in [0.29, 0.717) is 0 Å². The van der Waals surface area contributed by atoms with Gasteiger partial charge >= 0.3 is 0 Å². The zero-order valence-corrected chi connectivity index (χ0v) is 15.3. The average molecular weight is 369 g/mol. The third-order valence-corrected chi connectivity index (χ3v) is 5.48. The van der Waals surface area contributed by atoms with Crippen molar-refractivity contribution < 1.29 is 4.74 Å². The summed E-state index contributed by atoms with van der Waals surface area (Å²) in [4.78, 5) is 1.20. The zero-order chi connectivity index (χ0) is 17.2. The Morgan fingerprint density at radius 3 is 2.60 bits per heavy atom. The molecule has 2 aromatic carbocycles. The van der Waals surface area contributed by atoms with Crippen LogP contribution in [0.1, 0.15) is 22.9 Å². The molecule has 1 aliphatic rings. The Labute approximate surface area is 156 Å². The van der Waals surface area contributed by atoms with Crippen molar-refractivity contribution in [2.75, 3.05) is 12.1 Å². The first-order valence-electron chi connectivity index (χ1n) is 8.05. The minimum atomic E-state index is 0.0921. The summed E-state index contributed by atoms with van der Waals surface area (Å²) in [6.45, 7) is 0. The normalized spacial score (nSPS) is 16.8. The molecule has 0 spiro atoms. The predicted molar refractivity (Wildman–Crippen MR) is 105 cm³/mol. The molecule has 1 aromatic heterocycles. The Morgan fingerprint density at radius 1 is 1.08 bits per heavy atom. The van der Waals surface area contributed by atoms with E-state index in [1.165, 1.54) is 4.88 Å². The fourth-order valence-electron chi connectivity index (χ4n) is 3.12. The van der Waals surface area contributed by atoms with E-state index in [2.05, 4.69) is 28.6 Å². The summed E-state index contributed by atoms with van der Waals surface area (Å²) in [6, 6.07) is 20.2. The second-order valence-corrected chi connectivity index (χ2v) is 7.19. The van der Waals surface area contributed by atoms with Gasteiger partial charge in [-0.15, -0.1) is 11.3 Å². The maximum atomic E-state index is 6.06. The van der Waals surface area contributed by atoms with E-state index >= 15 is 0 Å². The van der Waals surface area contributed by atoms with Crippen molar-refractivity contribution in [3.05, 3.63) is 81.5 Å². The summed E-state index contributed by atoms with van der Waals surface area (Å²) in [7, 11) is 1.71. The van der Waals surface area contributed by atoms with Crippen LogP contribution in [0.2, 0.25) is 5.02 Å². The van der Waals surface area contributed by atoms with Gasteiger partial charge in [-0.1, -0.05) is 35.9 Å². The number of methoxy groups -OCH3 is 1. The first-order valence-corrected chi connectivity index (χ1v) is 9.31. The van der Waals surface area contributed by atoms with Crippen molar-refractivity contribution in [3.8, 4) is 5.75 Å². The van der Waals surface area contributed by atoms with Gasteiger partial charge in [0.15, 0.2) is 0 Å². The molecule has 25 heavy (non-hydrogen) atoms. The van der Waals surface area contributed by atoms with E-state index in [1.807, 2.05) is 42.5 Å². The Kier molecular flexibility index (Phi) is 4.47. The topological polar surface area (TPSA) is 24.8 Å². The van der Waals surface area contributed by atoms with Gasteiger partial charge in [0.2, 0.25) is 0 Å². The maximum Gasteiger partial charge on any atom is 0.124 e. The number of ether oxygens (including phenoxy) is 1. The van der Waals surface area contributed by atoms with Gasteiger partial charge in [-0.3, -0.25) is 5.01 Å². The summed E-state index contributed by atoms with van der Waals surface area (Å²) >= 11 is 7.77. The summed E-state index contributed by atoms with van der Waals surface area (Å²) in [6.07, 6.45) is 0.837. The predicted octanol–water partition coefficient (Wildman–Crippen LogP) is 5.77. The van der Waals surface area contributed by atoms with E-state index in [0.717, 1.165) is 34.2 Å². The summed E-state index contributed by atoms with van der Waals surface area (Å²) < 4.78 is 5.59. The van der Waals surface area contributed by atoms with Gasteiger partial charge in [0.25, 0.3) is 0 Å². The Morgan fingerprint density at radius 2 is 1.88 bits per heavy atom. The first-order chi connectivity index (χ1) is 12.3. The van der Waals surface area contributed by atoms with Gasteiger partial charge in [0.1, 0.15) is 5.75 Å². The second-order valence-electron chi connectivity index (χ2n) is 5.81. The Hall–Kier alpha value is -2.30. The number of rotatable bonds is 4. The summed E-state index contributed by atoms with van der Waals surface area (Å²) in [5.41, 5.74) is 3.25. The van der Waals surface area contributed by atoms with E-state index in [9.17, 15) is 0 Å². The van der Waals surface area contributed by atoms with Gasteiger partial charge in [-0.25, -0.2) is 0 Å². The van der Waals surface area contributed by atoms with Gasteiger partial charge in [0.05, 0.1) is 29.4 Å². The number of hydrazone groups is 1. The average Bonchev–Trinajstić information content (AvgIpc) is 3.32. The molecule has 0 aliphatic carbocycles. The van der Waals surface area contributed by atoms with E-state index in [4.69, 9.17) is 21.4 Å². The van der Waals surface area contributed by atoms with Crippen LogP contribution < -0.4 is 9.75 Å². The lowest BCUT2D eigenvalue weighted by Crippen LogP contribution is -2.19. The Bertz CT molecular complexity index is 890. The van der Waals surface area contributed by atoms with Crippen LogP contribution in [-0.4, -0.2) is 12.8 Å². The van der Waals surface area contributed by atoms with Crippen LogP contribution in [0.5, 0.6) is 5.75 Å². The molecule has 0 fully saturated rings. The molecule has 1 aliphatic heterocycles. The number of thiophene rings is 1. The third-order valence-electron chi connectivity index (χ3n) is 4.31. The minimum absolute atomic E-state index is 0.0921. The molecule has 0 saturated carbocycles. The molecule has 0 saturated heterocycles. The molecule has 0 bridgehead atoms. The lowest BCUT2D eigenvalue weighted by molar-refractivity contribution is 0.405. The standard InChI is InChI=1S/C20H17ClN2OS/c1-24-19-6-3-2-5-16(19)18-13-17(20-7-4-12-25-20)22-23(18)15-10-8-14(21)9-11-15/h2-12,18H,13H2,1H3/t18-/m1/s1. The maximum absolute atomic E-state index is 6.06. The summed E-state index contributed by atoms with van der Waals surface area (Å²) in [5.74, 6) is 0.883. The number of hydrogen-bond acceptors (Lipinski definition) is 4. The lowest BCUT2D eigenvalue weighted by Gasteiger charge is -2.25. The van der Waals surface area contributed by atoms with Crippen LogP contribution in [0.4, 0.5) is 5.69 Å². The van der Waals surface area contributed by atoms with Gasteiger partial charge in [0, 0.05) is 17.0 Å². The first kappa shape index (κ1) is 16.2. The molecule has 126 valence electrons. The number of halogens is 1. The van der Waals surface area contributed by atoms with Crippen molar-refractivity contribution in [3.63, 3.8) is 0 Å². The molecule has 5 heteroatoms. The number of anilines is 1. The molecule has 0 amide bonds. The van der Waals surface area contributed by atoms with Crippen LogP contribution in [-0.2, 0) is 0 Å². The molecule has 3 nitrogen and oxygen atoms in total. The van der Waals surface area contributed by atoms with E-state index in [-0.39, 0.29) is 6.04 Å². The summed E-state index contributed by atoms with van der Waals surface area (Å²) in [5, 5.41) is 9.80. The van der Waals surface area contributed by atoms with Crippen LogP contribution in [0.3, 0.4) is 0 Å². The largest absolute Gasteiger partial charge is 0.496 e. The Balaban J connectivity index is 1.78. The lowest BCUT2D eigenvalue weighted by atomic mass is 10.00. The fraction of sp³-hybridized carbons (Fsp3) is 0.150. The smallest absolute Gasteiger partial charge is 0.124 e. The monoisotopic (exact) mass is 368 g/mol. The molecule has 4 rings (SSSR count). The second kappa shape index (κ2) is 6.90. The molecular weight excluding hydrogens is 352 g/mol. The van der Waals surface area contributed by atoms with Crippen molar-refractivity contribution in [2.45, 2.75) is 12.5 Å². The highest BCUT2D eigenvalue weighted by atomic mass is 35.5. The highest BCUT2D eigenvalue weighted by Gasteiger charge is 2.32. The van der Waals surface area contributed by atoms with Crippen LogP contribution in [0.25, 0.3) is 0 Å². The molecule has 0 unspecified atom stereocenters. The number of para-hydroxylation sites is 1. The molecule has 1 atom stereocenters. The molecule has 0 N–H and O–H groups in total. The van der Waals surface area contributed by atoms with Gasteiger partial charge < -0.3 is 4.74 Å². The van der Waals surface area contributed by atoms with Gasteiger partial charge in [-0.2, -0.15) is 5.10 Å². The van der Waals surface area contributed by atoms with Crippen molar-refractivity contribution >= 4 is 34.3 Å². The number of hydrogen-bond donors (Lipinski definition) is 0.